The van der Waals surface area contributed by atoms with Crippen LogP contribution < -0.4 is 15.0 Å². The van der Waals surface area contributed by atoms with Gasteiger partial charge in [0.05, 0.1) is 5.92 Å². The van der Waals surface area contributed by atoms with Gasteiger partial charge in [-0.3, -0.25) is 14.4 Å². The summed E-state index contributed by atoms with van der Waals surface area (Å²) in [6.07, 6.45) is 2.27. The number of ether oxygens (including phenoxy) is 1. The van der Waals surface area contributed by atoms with Crippen LogP contribution >= 0.6 is 11.6 Å². The lowest BCUT2D eigenvalue weighted by molar-refractivity contribution is -0.132. The molecule has 2 heterocycles. The molecule has 1 N–H and O–H groups in total. The Morgan fingerprint density at radius 3 is 2.41 bits per heavy atom. The quantitative estimate of drug-likeness (QED) is 0.696. The molecule has 2 aliphatic heterocycles. The smallest absolute Gasteiger partial charge is 0.260 e. The average molecular weight is 456 g/mol. The molecule has 7 nitrogen and oxygen atoms in total. The Balaban J connectivity index is 1.28. The molecule has 0 aromatic heterocycles. The lowest BCUT2D eigenvalue weighted by atomic mass is 10.1. The number of halogens is 1. The van der Waals surface area contributed by atoms with Crippen molar-refractivity contribution in [1.29, 1.82) is 0 Å². The van der Waals surface area contributed by atoms with E-state index in [9.17, 15) is 14.4 Å². The van der Waals surface area contributed by atoms with Crippen molar-refractivity contribution in [3.05, 3.63) is 59.1 Å². The Labute approximate surface area is 192 Å². The summed E-state index contributed by atoms with van der Waals surface area (Å²) in [6.45, 7) is 2.33. The number of anilines is 1. The van der Waals surface area contributed by atoms with Gasteiger partial charge in [0.25, 0.3) is 5.91 Å². The highest BCUT2D eigenvalue weighted by Gasteiger charge is 2.35. The molecular formula is C24H26ClN3O4. The maximum absolute atomic E-state index is 12.5. The Bertz CT molecular complexity index is 972. The maximum atomic E-state index is 12.5. The second-order valence-corrected chi connectivity index (χ2v) is 8.56. The zero-order valence-electron chi connectivity index (χ0n) is 17.8. The third kappa shape index (κ3) is 5.40. The number of carbonyl (C=O) groups is 3. The van der Waals surface area contributed by atoms with Gasteiger partial charge >= 0.3 is 0 Å². The van der Waals surface area contributed by atoms with Gasteiger partial charge in [0.2, 0.25) is 11.8 Å². The van der Waals surface area contributed by atoms with E-state index in [0.29, 0.717) is 29.5 Å². The summed E-state index contributed by atoms with van der Waals surface area (Å²) in [7, 11) is 0. The van der Waals surface area contributed by atoms with E-state index >= 15 is 0 Å². The van der Waals surface area contributed by atoms with E-state index in [1.54, 1.807) is 41.3 Å². The fourth-order valence-corrected chi connectivity index (χ4v) is 4.12. The molecule has 32 heavy (non-hydrogen) atoms. The minimum Gasteiger partial charge on any atom is -0.484 e. The highest BCUT2D eigenvalue weighted by atomic mass is 35.5. The van der Waals surface area contributed by atoms with Crippen LogP contribution in [0.4, 0.5) is 5.69 Å². The number of nitrogens with one attached hydrogen (secondary N) is 1. The van der Waals surface area contributed by atoms with Crippen molar-refractivity contribution < 1.29 is 19.1 Å². The van der Waals surface area contributed by atoms with Gasteiger partial charge in [-0.1, -0.05) is 23.7 Å². The lowest BCUT2D eigenvalue weighted by Crippen LogP contribution is -2.32. The van der Waals surface area contributed by atoms with Crippen molar-refractivity contribution in [3.8, 4) is 5.75 Å². The molecule has 0 aliphatic carbocycles. The van der Waals surface area contributed by atoms with Gasteiger partial charge in [-0.2, -0.15) is 0 Å². The number of rotatable bonds is 7. The van der Waals surface area contributed by atoms with Crippen molar-refractivity contribution >= 4 is 35.0 Å². The zero-order chi connectivity index (χ0) is 22.5. The van der Waals surface area contributed by atoms with Gasteiger partial charge in [-0.25, -0.2) is 0 Å². The van der Waals surface area contributed by atoms with Crippen molar-refractivity contribution in [3.63, 3.8) is 0 Å². The van der Waals surface area contributed by atoms with Crippen molar-refractivity contribution in [2.45, 2.75) is 25.8 Å². The van der Waals surface area contributed by atoms with E-state index in [4.69, 9.17) is 16.3 Å². The largest absolute Gasteiger partial charge is 0.484 e. The molecule has 2 aromatic carbocycles. The third-order valence-electron chi connectivity index (χ3n) is 5.85. The van der Waals surface area contributed by atoms with Gasteiger partial charge in [-0.05, 0) is 54.8 Å². The van der Waals surface area contributed by atoms with Crippen LogP contribution in [0.25, 0.3) is 0 Å². The SMILES string of the molecule is O=C(NCc1ccc(Cl)cc1)C1CC(=O)N(c2ccc(OCC(=O)N3CCCC3)cc2)C1. The van der Waals surface area contributed by atoms with Gasteiger partial charge in [0.1, 0.15) is 5.75 Å². The number of hydrogen-bond donors (Lipinski definition) is 1. The third-order valence-corrected chi connectivity index (χ3v) is 6.10. The molecule has 0 spiro atoms. The van der Waals surface area contributed by atoms with Crippen molar-refractivity contribution in [1.82, 2.24) is 10.2 Å². The van der Waals surface area contributed by atoms with E-state index in [2.05, 4.69) is 5.32 Å². The summed E-state index contributed by atoms with van der Waals surface area (Å²) < 4.78 is 5.60. The molecule has 0 saturated carbocycles. The molecule has 8 heteroatoms. The van der Waals surface area contributed by atoms with Gasteiger partial charge in [0, 0.05) is 43.3 Å². The summed E-state index contributed by atoms with van der Waals surface area (Å²) in [5, 5.41) is 3.54. The van der Waals surface area contributed by atoms with Crippen LogP contribution in [0.2, 0.25) is 5.02 Å². The second kappa shape index (κ2) is 10.0. The molecule has 168 valence electrons. The number of amides is 3. The Morgan fingerprint density at radius 2 is 1.72 bits per heavy atom. The highest BCUT2D eigenvalue weighted by molar-refractivity contribution is 6.30. The summed E-state index contributed by atoms with van der Waals surface area (Å²) in [4.78, 5) is 40.6. The molecule has 3 amide bonds. The fraction of sp³-hybridized carbons (Fsp3) is 0.375. The minimum atomic E-state index is -0.399. The molecule has 4 rings (SSSR count). The Morgan fingerprint density at radius 1 is 1.03 bits per heavy atom. The van der Waals surface area contributed by atoms with Crippen LogP contribution in [0.1, 0.15) is 24.8 Å². The number of hydrogen-bond acceptors (Lipinski definition) is 4. The predicted molar refractivity (Wildman–Crippen MR) is 122 cm³/mol. The van der Waals surface area contributed by atoms with Crippen LogP contribution in [0.5, 0.6) is 5.75 Å². The van der Waals surface area contributed by atoms with E-state index in [-0.39, 0.29) is 30.7 Å². The van der Waals surface area contributed by atoms with Crippen molar-refractivity contribution in [2.75, 3.05) is 31.1 Å². The molecule has 2 aliphatic rings. The molecule has 2 aromatic rings. The van der Waals surface area contributed by atoms with Crippen LogP contribution in [0.3, 0.4) is 0 Å². The molecule has 1 unspecified atom stereocenters. The first kappa shape index (κ1) is 22.1. The first-order chi connectivity index (χ1) is 15.5. The van der Waals surface area contributed by atoms with E-state index in [1.165, 1.54) is 0 Å². The molecule has 2 saturated heterocycles. The second-order valence-electron chi connectivity index (χ2n) is 8.12. The number of likely N-dealkylation sites (tertiary alicyclic amines) is 1. The molecule has 0 bridgehead atoms. The molecule has 2 fully saturated rings. The number of benzene rings is 2. The topological polar surface area (TPSA) is 79.0 Å². The molecule has 0 radical (unpaired) electrons. The highest BCUT2D eigenvalue weighted by Crippen LogP contribution is 2.27. The van der Waals surface area contributed by atoms with Gasteiger partial charge in [0.15, 0.2) is 6.61 Å². The van der Waals surface area contributed by atoms with Crippen LogP contribution in [0.15, 0.2) is 48.5 Å². The summed E-state index contributed by atoms with van der Waals surface area (Å²) in [5.74, 6) is -0.0616. The van der Waals surface area contributed by atoms with Crippen LogP contribution in [0, 0.1) is 5.92 Å². The Kier molecular flexibility index (Phi) is 6.95. The maximum Gasteiger partial charge on any atom is 0.260 e. The summed E-state index contributed by atoms with van der Waals surface area (Å²) in [6, 6.07) is 14.3. The Hall–Kier alpha value is -3.06. The van der Waals surface area contributed by atoms with Crippen LogP contribution in [-0.4, -0.2) is 48.9 Å². The fourth-order valence-electron chi connectivity index (χ4n) is 3.99. The predicted octanol–water partition coefficient (Wildman–Crippen LogP) is 3.01. The van der Waals surface area contributed by atoms with Crippen LogP contribution in [-0.2, 0) is 20.9 Å². The molecule has 1 atom stereocenters. The van der Waals surface area contributed by atoms with E-state index in [0.717, 1.165) is 31.5 Å². The normalized spacial score (nSPS) is 18.2. The summed E-state index contributed by atoms with van der Waals surface area (Å²) >= 11 is 5.88. The zero-order valence-corrected chi connectivity index (χ0v) is 18.5. The van der Waals surface area contributed by atoms with E-state index < -0.39 is 5.92 Å². The van der Waals surface area contributed by atoms with Gasteiger partial charge in [-0.15, -0.1) is 0 Å². The average Bonchev–Trinajstić information content (AvgIpc) is 3.47. The summed E-state index contributed by atoms with van der Waals surface area (Å²) in [5.41, 5.74) is 1.66. The minimum absolute atomic E-state index is 0.00579. The first-order valence-corrected chi connectivity index (χ1v) is 11.2. The van der Waals surface area contributed by atoms with E-state index in [1.807, 2.05) is 17.0 Å². The number of nitrogens with zero attached hydrogens (tertiary/aromatic N) is 2. The lowest BCUT2D eigenvalue weighted by Gasteiger charge is -2.18. The number of carbonyl (C=O) groups excluding carboxylic acids is 3. The molecular weight excluding hydrogens is 430 g/mol. The monoisotopic (exact) mass is 455 g/mol. The van der Waals surface area contributed by atoms with Crippen molar-refractivity contribution in [2.24, 2.45) is 5.92 Å². The standard InChI is InChI=1S/C24H26ClN3O4/c25-19-5-3-17(4-6-19)14-26-24(31)18-13-22(29)28(15-18)20-7-9-21(10-8-20)32-16-23(30)27-11-1-2-12-27/h3-10,18H,1-2,11-16H2,(H,26,31). The first-order valence-electron chi connectivity index (χ1n) is 10.8. The van der Waals surface area contributed by atoms with Gasteiger partial charge < -0.3 is 19.9 Å².